The van der Waals surface area contributed by atoms with Gasteiger partial charge in [-0.2, -0.15) is 0 Å². The highest BCUT2D eigenvalue weighted by Crippen LogP contribution is 2.37. The van der Waals surface area contributed by atoms with Gasteiger partial charge >= 0.3 is 0 Å². The monoisotopic (exact) mass is 1030 g/mol. The van der Waals surface area contributed by atoms with Gasteiger partial charge in [0.05, 0.1) is 52.3 Å². The number of likely N-dealkylation sites (tertiary alicyclic amines) is 1. The number of benzene rings is 4. The third-order valence-electron chi connectivity index (χ3n) is 13.2. The van der Waals surface area contributed by atoms with Crippen LogP contribution in [-0.2, 0) is 34.4 Å². The van der Waals surface area contributed by atoms with Crippen molar-refractivity contribution in [1.82, 2.24) is 35.1 Å². The number of nitrogens with zero attached hydrogens (tertiary/aromatic N) is 5. The van der Waals surface area contributed by atoms with E-state index in [1.165, 1.54) is 30.5 Å². The Labute approximate surface area is 431 Å². The van der Waals surface area contributed by atoms with Crippen molar-refractivity contribution in [3.8, 4) is 33.6 Å². The Morgan fingerprint density at radius 3 is 2.38 bits per heavy atom. The lowest BCUT2D eigenvalue weighted by Crippen LogP contribution is -2.57. The molecule has 19 heteroatoms. The van der Waals surface area contributed by atoms with Crippen LogP contribution >= 0.6 is 11.3 Å². The molecule has 17 nitrogen and oxygen atoms in total. The summed E-state index contributed by atoms with van der Waals surface area (Å²) >= 11 is 1.56. The maximum atomic E-state index is 15.7. The molecule has 4 aromatic carbocycles. The van der Waals surface area contributed by atoms with Crippen LogP contribution in [0.2, 0.25) is 0 Å². The number of halogens is 1. The number of aryl methyl sites for hydroxylation is 3. The van der Waals surface area contributed by atoms with E-state index in [2.05, 4.69) is 30.9 Å². The lowest BCUT2D eigenvalue weighted by atomic mass is 9.85. The van der Waals surface area contributed by atoms with E-state index in [1.807, 2.05) is 71.0 Å². The van der Waals surface area contributed by atoms with Crippen molar-refractivity contribution >= 4 is 62.5 Å². The molecule has 386 valence electrons. The number of methoxy groups -OCH3 is 1. The second-order valence-electron chi connectivity index (χ2n) is 19.4. The fourth-order valence-electron chi connectivity index (χ4n) is 8.97. The number of anilines is 1. The summed E-state index contributed by atoms with van der Waals surface area (Å²) in [4.78, 5) is 83.5. The largest absolute Gasteiger partial charge is 0.493 e. The number of β-amino-alcohol motifs (C(OH)–C–C–N with tert-alkyl or cyclic N) is 1. The smallest absolute Gasteiger partial charge is 0.261 e. The molecular formula is C55H59FN8O9S. The first-order valence-electron chi connectivity index (χ1n) is 24.3. The molecule has 0 spiro atoms. The number of rotatable bonds is 17. The number of hydrogen-bond acceptors (Lipinski definition) is 13. The van der Waals surface area contributed by atoms with Crippen LogP contribution in [0.1, 0.15) is 79.8 Å². The minimum Gasteiger partial charge on any atom is -0.493 e. The Morgan fingerprint density at radius 2 is 1.69 bits per heavy atom. The molecular weight excluding hydrogens is 968 g/mol. The summed E-state index contributed by atoms with van der Waals surface area (Å²) < 4.78 is 35.1. The van der Waals surface area contributed by atoms with Crippen molar-refractivity contribution < 1.29 is 42.9 Å². The van der Waals surface area contributed by atoms with Gasteiger partial charge in [-0.25, -0.2) is 19.3 Å². The molecule has 1 aliphatic rings. The van der Waals surface area contributed by atoms with Crippen molar-refractivity contribution in [2.24, 2.45) is 12.5 Å². The van der Waals surface area contributed by atoms with Crippen LogP contribution in [0.3, 0.4) is 0 Å². The minimum absolute atomic E-state index is 0.000841. The van der Waals surface area contributed by atoms with Crippen molar-refractivity contribution in [3.63, 3.8) is 0 Å². The fraction of sp³-hybridized carbons (Fsp3) is 0.345. The van der Waals surface area contributed by atoms with Gasteiger partial charge in [0.15, 0.2) is 23.1 Å². The first kappa shape index (κ1) is 52.5. The van der Waals surface area contributed by atoms with Gasteiger partial charge in [0.2, 0.25) is 29.0 Å². The molecule has 8 rings (SSSR count). The van der Waals surface area contributed by atoms with Crippen LogP contribution in [0, 0.1) is 25.1 Å². The molecule has 4 amide bonds. The summed E-state index contributed by atoms with van der Waals surface area (Å²) in [5, 5.41) is 19.9. The molecule has 0 bridgehead atoms. The highest BCUT2D eigenvalue weighted by Gasteiger charge is 2.44. The summed E-state index contributed by atoms with van der Waals surface area (Å²) in [6.07, 6.45) is 1.38. The molecule has 1 fully saturated rings. The number of ether oxygens (including phenoxy) is 3. The van der Waals surface area contributed by atoms with E-state index in [-0.39, 0.29) is 67.6 Å². The van der Waals surface area contributed by atoms with Gasteiger partial charge < -0.3 is 44.7 Å². The fourth-order valence-corrected chi connectivity index (χ4v) is 9.79. The molecule has 3 atom stereocenters. The third-order valence-corrected chi connectivity index (χ3v) is 14.2. The van der Waals surface area contributed by atoms with E-state index in [9.17, 15) is 29.1 Å². The Kier molecular flexibility index (Phi) is 15.7. The molecule has 1 aliphatic heterocycles. The number of amides is 4. The summed E-state index contributed by atoms with van der Waals surface area (Å²) in [7, 11) is 3.22. The van der Waals surface area contributed by atoms with Gasteiger partial charge in [0.1, 0.15) is 24.0 Å². The molecule has 3 aromatic heterocycles. The Bertz CT molecular complexity index is 3340. The Hall–Kier alpha value is -7.77. The molecule has 7 aromatic rings. The number of aromatic nitrogens is 4. The van der Waals surface area contributed by atoms with Gasteiger partial charge in [0.25, 0.3) is 5.91 Å². The SMILES string of the molecule is CCc1ccc2c(c1)c(=O)c(C(=O)Nc1ccc(Oc3ncnc4cc(OCCCC(=O)N[C@H](C(=O)N5C[C@H](O)C[C@H]5C(=O)NCc5ccc(-c6scnc6C)cc5)C(C)(C)C)c(OC)cc34)c(F)c1)c(C)n2C. The number of thiazole rings is 1. The third kappa shape index (κ3) is 11.4. The number of aliphatic hydroxyl groups excluding tert-OH is 1. The molecule has 0 unspecified atom stereocenters. The van der Waals surface area contributed by atoms with Crippen LogP contribution in [0.5, 0.6) is 23.1 Å². The number of carbonyl (C=O) groups excluding carboxylic acids is 4. The molecule has 4 N–H and O–H groups in total. The normalized spacial score (nSPS) is 15.0. The molecule has 1 saturated heterocycles. The molecule has 0 saturated carbocycles. The van der Waals surface area contributed by atoms with E-state index in [4.69, 9.17) is 14.2 Å². The summed E-state index contributed by atoms with van der Waals surface area (Å²) in [5.41, 5.74) is 6.06. The Morgan fingerprint density at radius 1 is 0.932 bits per heavy atom. The first-order valence-corrected chi connectivity index (χ1v) is 25.1. The highest BCUT2D eigenvalue weighted by atomic mass is 32.1. The second kappa shape index (κ2) is 22.1. The van der Waals surface area contributed by atoms with E-state index in [1.54, 1.807) is 53.6 Å². The van der Waals surface area contributed by atoms with Gasteiger partial charge in [-0.15, -0.1) is 11.3 Å². The number of nitrogens with one attached hydrogen (secondary N) is 3. The van der Waals surface area contributed by atoms with Crippen LogP contribution in [0.25, 0.3) is 32.2 Å². The zero-order valence-electron chi connectivity index (χ0n) is 42.5. The topological polar surface area (TPSA) is 216 Å². The zero-order chi connectivity index (χ0) is 53.0. The van der Waals surface area contributed by atoms with Gasteiger partial charge in [-0.3, -0.25) is 24.0 Å². The van der Waals surface area contributed by atoms with Crippen LogP contribution in [0.4, 0.5) is 10.1 Å². The van der Waals surface area contributed by atoms with Gasteiger partial charge in [-0.1, -0.05) is 58.0 Å². The van der Waals surface area contributed by atoms with Crippen LogP contribution in [-0.4, -0.2) is 91.6 Å². The number of pyridine rings is 1. The average molecular weight is 1030 g/mol. The number of carbonyl (C=O) groups is 4. The van der Waals surface area contributed by atoms with Crippen LogP contribution in [0.15, 0.2) is 89.4 Å². The number of fused-ring (bicyclic) bond motifs is 2. The van der Waals surface area contributed by atoms with Crippen molar-refractivity contribution in [1.29, 1.82) is 0 Å². The van der Waals surface area contributed by atoms with Crippen molar-refractivity contribution in [2.75, 3.05) is 25.6 Å². The maximum Gasteiger partial charge on any atom is 0.261 e. The van der Waals surface area contributed by atoms with E-state index >= 15 is 4.39 Å². The quantitative estimate of drug-likeness (QED) is 0.0640. The summed E-state index contributed by atoms with van der Waals surface area (Å²) in [6, 6.07) is 18.5. The van der Waals surface area contributed by atoms with Crippen molar-refractivity contribution in [3.05, 3.63) is 129 Å². The molecule has 4 heterocycles. The standard InChI is InChI=1S/C55H59FN8O9S/c1-9-32-14-18-41-38(21-32)48(67)47(31(3)63(41)7)52(69)61-35-17-19-43(39(56)22-35)73-53-37-24-44(71-8)45(25-40(37)58-28-59-53)72-20-10-11-46(66)62-50(55(4,5)6)54(70)64-27-36(65)23-42(64)51(68)57-26-33-12-15-34(16-13-33)49-30(2)60-29-74-49/h12-19,21-22,24-25,28-29,36,42,50,65H,9-11,20,23,26-27H2,1-8H3,(H,57,68)(H,61,69)(H,62,66)/t36-,42+,50-/m1/s1. The van der Waals surface area contributed by atoms with E-state index in [0.717, 1.165) is 39.7 Å². The van der Waals surface area contributed by atoms with Gasteiger partial charge in [-0.05, 0) is 79.1 Å². The summed E-state index contributed by atoms with van der Waals surface area (Å²) in [5.74, 6) is -2.35. The second-order valence-corrected chi connectivity index (χ2v) is 20.2. The van der Waals surface area contributed by atoms with E-state index < -0.39 is 58.5 Å². The van der Waals surface area contributed by atoms with Gasteiger partial charge in [0, 0.05) is 61.9 Å². The predicted molar refractivity (Wildman–Crippen MR) is 280 cm³/mol. The molecule has 0 radical (unpaired) electrons. The number of aliphatic hydroxyl groups is 1. The summed E-state index contributed by atoms with van der Waals surface area (Å²) in [6.45, 7) is 11.3. The zero-order valence-corrected chi connectivity index (χ0v) is 43.3. The lowest BCUT2D eigenvalue weighted by Gasteiger charge is -2.35. The molecule has 0 aliphatic carbocycles. The predicted octanol–water partition coefficient (Wildman–Crippen LogP) is 7.94. The number of hydrogen-bond donors (Lipinski definition) is 4. The average Bonchev–Trinajstić information content (AvgIpc) is 4.00. The minimum atomic E-state index is -1.00. The molecule has 74 heavy (non-hydrogen) atoms. The van der Waals surface area contributed by atoms with Crippen molar-refractivity contribution in [2.45, 2.75) is 92.0 Å². The highest BCUT2D eigenvalue weighted by molar-refractivity contribution is 7.13. The maximum absolute atomic E-state index is 15.7. The van der Waals surface area contributed by atoms with E-state index in [0.29, 0.717) is 33.2 Å². The lowest BCUT2D eigenvalue weighted by molar-refractivity contribution is -0.144. The first-order chi connectivity index (χ1) is 35.3. The van der Waals surface area contributed by atoms with Crippen LogP contribution < -0.4 is 35.6 Å². The Balaban J connectivity index is 0.863.